The molecule has 4 atom stereocenters. The highest BCUT2D eigenvalue weighted by molar-refractivity contribution is 7.90. The molecule has 0 saturated heterocycles. The highest BCUT2D eigenvalue weighted by Crippen LogP contribution is 2.49. The molecule has 2 bridgehead atoms. The summed E-state index contributed by atoms with van der Waals surface area (Å²) in [4.78, 5) is 11.3. The molecule has 0 aromatic carbocycles. The van der Waals surface area contributed by atoms with Crippen LogP contribution in [0.15, 0.2) is 0 Å². The lowest BCUT2D eigenvalue weighted by Crippen LogP contribution is -2.51. The summed E-state index contributed by atoms with van der Waals surface area (Å²) in [6, 6.07) is -0.425. The monoisotopic (exact) mass is 275 g/mol. The van der Waals surface area contributed by atoms with Crippen molar-refractivity contribution in [1.29, 1.82) is 0 Å². The Balaban J connectivity index is 2.21. The van der Waals surface area contributed by atoms with Crippen molar-refractivity contribution in [2.24, 2.45) is 17.8 Å². The lowest BCUT2D eigenvalue weighted by atomic mass is 9.85. The molecular formula is C12H21NO4S. The van der Waals surface area contributed by atoms with Crippen LogP contribution in [0.25, 0.3) is 0 Å². The van der Waals surface area contributed by atoms with Crippen molar-refractivity contribution in [3.8, 4) is 0 Å². The fraction of sp³-hybridized carbons (Fsp3) is 0.917. The SMILES string of the molecule is CC(C)(C)S(=O)(=O)NC1C2CCC(C2)C1C(=O)O. The number of carboxylic acids is 1. The minimum absolute atomic E-state index is 0.139. The molecule has 2 saturated carbocycles. The van der Waals surface area contributed by atoms with Gasteiger partial charge in [0.05, 0.1) is 10.7 Å². The first-order chi connectivity index (χ1) is 8.13. The van der Waals surface area contributed by atoms with Crippen molar-refractivity contribution < 1.29 is 18.3 Å². The van der Waals surface area contributed by atoms with Crippen LogP contribution >= 0.6 is 0 Å². The van der Waals surface area contributed by atoms with Gasteiger partial charge in [-0.1, -0.05) is 0 Å². The smallest absolute Gasteiger partial charge is 0.308 e. The van der Waals surface area contributed by atoms with Gasteiger partial charge in [-0.25, -0.2) is 13.1 Å². The Morgan fingerprint density at radius 2 is 1.78 bits per heavy atom. The lowest BCUT2D eigenvalue weighted by molar-refractivity contribution is -0.144. The van der Waals surface area contributed by atoms with Crippen LogP contribution in [0.3, 0.4) is 0 Å². The number of nitrogens with one attached hydrogen (secondary N) is 1. The van der Waals surface area contributed by atoms with E-state index < -0.39 is 32.7 Å². The molecule has 4 unspecified atom stereocenters. The standard InChI is InChI=1S/C12H21NO4S/c1-12(2,3)18(16,17)13-10-8-5-4-7(6-8)9(10)11(14)15/h7-10,13H,4-6H2,1-3H3,(H,14,15). The van der Waals surface area contributed by atoms with Gasteiger partial charge in [-0.2, -0.15) is 0 Å². The van der Waals surface area contributed by atoms with E-state index in [1.807, 2.05) is 0 Å². The van der Waals surface area contributed by atoms with E-state index in [-0.39, 0.29) is 11.8 Å². The third kappa shape index (κ3) is 2.16. The second-order valence-electron chi connectivity index (χ2n) is 6.46. The third-order valence-electron chi connectivity index (χ3n) is 4.30. The van der Waals surface area contributed by atoms with Gasteiger partial charge >= 0.3 is 5.97 Å². The van der Waals surface area contributed by atoms with E-state index in [1.165, 1.54) is 0 Å². The van der Waals surface area contributed by atoms with Crippen molar-refractivity contribution in [3.05, 3.63) is 0 Å². The maximum atomic E-state index is 12.1. The van der Waals surface area contributed by atoms with Crippen LogP contribution in [-0.2, 0) is 14.8 Å². The van der Waals surface area contributed by atoms with E-state index in [0.29, 0.717) is 0 Å². The summed E-state index contributed by atoms with van der Waals surface area (Å²) < 4.78 is 26.0. The molecule has 0 amide bonds. The van der Waals surface area contributed by atoms with Gasteiger partial charge in [-0.05, 0) is 51.9 Å². The Morgan fingerprint density at radius 1 is 1.22 bits per heavy atom. The third-order valence-corrected chi connectivity index (χ3v) is 6.49. The van der Waals surface area contributed by atoms with Crippen molar-refractivity contribution in [1.82, 2.24) is 4.72 Å². The average molecular weight is 275 g/mol. The van der Waals surface area contributed by atoms with Gasteiger partial charge in [0.25, 0.3) is 0 Å². The van der Waals surface area contributed by atoms with Crippen molar-refractivity contribution in [2.75, 3.05) is 0 Å². The number of carboxylic acid groups (broad SMARTS) is 1. The molecule has 0 spiro atoms. The fourth-order valence-electron chi connectivity index (χ4n) is 3.17. The van der Waals surface area contributed by atoms with E-state index in [9.17, 15) is 18.3 Å². The first-order valence-corrected chi connectivity index (χ1v) is 7.86. The van der Waals surface area contributed by atoms with E-state index in [4.69, 9.17) is 0 Å². The summed E-state index contributed by atoms with van der Waals surface area (Å²) in [6.07, 6.45) is 2.69. The number of aliphatic carboxylic acids is 1. The van der Waals surface area contributed by atoms with Crippen LogP contribution in [-0.4, -0.2) is 30.3 Å². The largest absolute Gasteiger partial charge is 0.481 e. The van der Waals surface area contributed by atoms with E-state index in [1.54, 1.807) is 20.8 Å². The van der Waals surface area contributed by atoms with Crippen LogP contribution in [0, 0.1) is 17.8 Å². The zero-order valence-electron chi connectivity index (χ0n) is 11.0. The highest BCUT2D eigenvalue weighted by atomic mass is 32.2. The minimum Gasteiger partial charge on any atom is -0.481 e. The van der Waals surface area contributed by atoms with Gasteiger partial charge in [-0.3, -0.25) is 4.79 Å². The molecule has 0 heterocycles. The zero-order chi connectivity index (χ0) is 13.7. The highest BCUT2D eigenvalue weighted by Gasteiger charge is 2.52. The Kier molecular flexibility index (Phi) is 3.22. The Labute approximate surface area is 108 Å². The topological polar surface area (TPSA) is 83.5 Å². The fourth-order valence-corrected chi connectivity index (χ4v) is 4.22. The van der Waals surface area contributed by atoms with Crippen LogP contribution in [0.2, 0.25) is 0 Å². The first kappa shape index (κ1) is 13.8. The van der Waals surface area contributed by atoms with Gasteiger partial charge in [0.2, 0.25) is 10.0 Å². The predicted octanol–water partition coefficient (Wildman–Crippen LogP) is 1.20. The van der Waals surface area contributed by atoms with E-state index >= 15 is 0 Å². The van der Waals surface area contributed by atoms with Gasteiger partial charge in [-0.15, -0.1) is 0 Å². The number of hydrogen-bond acceptors (Lipinski definition) is 3. The Hall–Kier alpha value is -0.620. The molecule has 0 radical (unpaired) electrons. The maximum absolute atomic E-state index is 12.1. The first-order valence-electron chi connectivity index (χ1n) is 6.38. The van der Waals surface area contributed by atoms with Gasteiger partial charge in [0.1, 0.15) is 0 Å². The Morgan fingerprint density at radius 3 is 2.28 bits per heavy atom. The minimum atomic E-state index is -3.48. The van der Waals surface area contributed by atoms with Gasteiger partial charge < -0.3 is 5.11 Å². The summed E-state index contributed by atoms with van der Waals surface area (Å²) in [5, 5.41) is 9.27. The number of fused-ring (bicyclic) bond motifs is 2. The molecule has 18 heavy (non-hydrogen) atoms. The lowest BCUT2D eigenvalue weighted by Gasteiger charge is -2.31. The van der Waals surface area contributed by atoms with Crippen LogP contribution < -0.4 is 4.72 Å². The molecule has 0 aromatic rings. The van der Waals surface area contributed by atoms with E-state index in [0.717, 1.165) is 19.3 Å². The number of rotatable bonds is 3. The average Bonchev–Trinajstić information content (AvgIpc) is 2.74. The quantitative estimate of drug-likeness (QED) is 0.810. The molecule has 5 nitrogen and oxygen atoms in total. The molecule has 2 fully saturated rings. The summed E-state index contributed by atoms with van der Waals surface area (Å²) in [5.74, 6) is -1.10. The van der Waals surface area contributed by atoms with Crippen LogP contribution in [0.4, 0.5) is 0 Å². The summed E-state index contributed by atoms with van der Waals surface area (Å²) in [6.45, 7) is 4.87. The molecular weight excluding hydrogens is 254 g/mol. The Bertz CT molecular complexity index is 451. The summed E-state index contributed by atoms with van der Waals surface area (Å²) in [7, 11) is -3.48. The molecule has 0 aliphatic heterocycles. The zero-order valence-corrected chi connectivity index (χ0v) is 11.8. The van der Waals surface area contributed by atoms with Crippen molar-refractivity contribution >= 4 is 16.0 Å². The molecule has 2 N–H and O–H groups in total. The normalized spacial score (nSPS) is 35.9. The molecule has 2 aliphatic rings. The van der Waals surface area contributed by atoms with Gasteiger partial charge in [0.15, 0.2) is 0 Å². The summed E-state index contributed by atoms with van der Waals surface area (Å²) >= 11 is 0. The van der Waals surface area contributed by atoms with Crippen LogP contribution in [0.1, 0.15) is 40.0 Å². The van der Waals surface area contributed by atoms with E-state index in [2.05, 4.69) is 4.72 Å². The second kappa shape index (κ2) is 4.20. The molecule has 6 heteroatoms. The predicted molar refractivity (Wildman–Crippen MR) is 67.6 cm³/mol. The second-order valence-corrected chi connectivity index (χ2v) is 8.92. The number of hydrogen-bond donors (Lipinski definition) is 2. The van der Waals surface area contributed by atoms with Gasteiger partial charge in [0, 0.05) is 6.04 Å². The summed E-state index contributed by atoms with van der Waals surface area (Å²) in [5.41, 5.74) is 0. The number of sulfonamides is 1. The molecule has 0 aromatic heterocycles. The molecule has 104 valence electrons. The molecule has 2 rings (SSSR count). The molecule has 2 aliphatic carbocycles. The number of carbonyl (C=O) groups is 1. The maximum Gasteiger partial charge on any atom is 0.308 e. The van der Waals surface area contributed by atoms with Crippen molar-refractivity contribution in [3.63, 3.8) is 0 Å². The van der Waals surface area contributed by atoms with Crippen LogP contribution in [0.5, 0.6) is 0 Å². The van der Waals surface area contributed by atoms with Crippen molar-refractivity contribution in [2.45, 2.75) is 50.8 Å².